The van der Waals surface area contributed by atoms with E-state index in [2.05, 4.69) is 55.0 Å². The SMILES string of the molecule is CCCC/C=C\CCCCCCCCC(=O)NCC(=O)N[C@@H]1[C@@H](O)[C@@H](O)[C@@H](Nc2ncnc3nc[nH]c23)O[C@H]1C(O)CO. The van der Waals surface area contributed by atoms with E-state index in [1.165, 1.54) is 38.3 Å². The standard InChI is InChI=1S/C29H47N7O7/c1-2-3-4-5-6-7-8-9-10-11-12-13-14-20(39)30-15-21(40)35-22-24(41)25(42)29(43-26(22)19(38)16-37)36-28-23-27(32-17-31-23)33-18-34-28/h5-6,17-19,22,24-26,29,37-38,41-42H,2-4,7-16H2,1H3,(H,30,39)(H,35,40)(H2,31,32,33,34,36)/b6-5-/t19?,22-,24-,25-,26+,29+/m1/s1. The monoisotopic (exact) mass is 605 g/mol. The third kappa shape index (κ3) is 10.8. The number of ether oxygens (including phenoxy) is 1. The molecule has 0 aromatic carbocycles. The molecule has 1 saturated heterocycles. The number of anilines is 1. The number of carbonyl (C=O) groups excluding carboxylic acids is 2. The third-order valence-corrected chi connectivity index (χ3v) is 7.44. The molecule has 3 rings (SSSR count). The number of H-pyrrole nitrogens is 1. The Kier molecular flexibility index (Phi) is 14.8. The van der Waals surface area contributed by atoms with Crippen LogP contribution in [-0.4, -0.2) is 102 Å². The van der Waals surface area contributed by atoms with Crippen molar-refractivity contribution < 1.29 is 34.8 Å². The first-order valence-corrected chi connectivity index (χ1v) is 15.3. The average Bonchev–Trinajstić information content (AvgIpc) is 3.50. The van der Waals surface area contributed by atoms with Crippen molar-refractivity contribution in [3.8, 4) is 0 Å². The molecule has 2 aromatic heterocycles. The van der Waals surface area contributed by atoms with Gasteiger partial charge in [-0.1, -0.05) is 57.6 Å². The number of nitrogens with zero attached hydrogens (tertiary/aromatic N) is 3. The van der Waals surface area contributed by atoms with E-state index in [0.29, 0.717) is 17.6 Å². The van der Waals surface area contributed by atoms with Crippen molar-refractivity contribution in [1.29, 1.82) is 0 Å². The second-order valence-corrected chi connectivity index (χ2v) is 10.9. The van der Waals surface area contributed by atoms with Gasteiger partial charge in [-0.2, -0.15) is 0 Å². The molecule has 2 amide bonds. The maximum Gasteiger partial charge on any atom is 0.239 e. The molecule has 6 atom stereocenters. The molecule has 14 nitrogen and oxygen atoms in total. The maximum absolute atomic E-state index is 12.6. The molecule has 3 heterocycles. The lowest BCUT2D eigenvalue weighted by atomic mass is 9.92. The van der Waals surface area contributed by atoms with Crippen molar-refractivity contribution in [2.24, 2.45) is 0 Å². The van der Waals surface area contributed by atoms with Crippen molar-refractivity contribution >= 4 is 28.8 Å². The number of hydrogen-bond acceptors (Lipinski definition) is 11. The molecule has 2 aromatic rings. The van der Waals surface area contributed by atoms with Crippen molar-refractivity contribution in [3.63, 3.8) is 0 Å². The van der Waals surface area contributed by atoms with Crippen LogP contribution in [0.25, 0.3) is 11.2 Å². The van der Waals surface area contributed by atoms with Crippen LogP contribution in [0.3, 0.4) is 0 Å². The van der Waals surface area contributed by atoms with E-state index in [1.807, 2.05) is 0 Å². The van der Waals surface area contributed by atoms with Crippen LogP contribution in [0.15, 0.2) is 24.8 Å². The van der Waals surface area contributed by atoms with Gasteiger partial charge in [0.1, 0.15) is 36.3 Å². The van der Waals surface area contributed by atoms with E-state index < -0.39 is 49.2 Å². The Morgan fingerprint density at radius 2 is 1.72 bits per heavy atom. The fraction of sp³-hybridized carbons (Fsp3) is 0.690. The molecular formula is C29H47N7O7. The molecule has 0 spiro atoms. The number of aromatic nitrogens is 4. The molecule has 1 fully saturated rings. The van der Waals surface area contributed by atoms with Crippen molar-refractivity contribution in [3.05, 3.63) is 24.8 Å². The molecule has 0 bridgehead atoms. The summed E-state index contributed by atoms with van der Waals surface area (Å²) in [7, 11) is 0. The summed E-state index contributed by atoms with van der Waals surface area (Å²) in [5.41, 5.74) is 0.790. The van der Waals surface area contributed by atoms with Gasteiger partial charge >= 0.3 is 0 Å². The summed E-state index contributed by atoms with van der Waals surface area (Å²) in [4.78, 5) is 39.9. The summed E-state index contributed by atoms with van der Waals surface area (Å²) in [6.45, 7) is 1.11. The summed E-state index contributed by atoms with van der Waals surface area (Å²) in [6.07, 6.45) is 11.3. The lowest BCUT2D eigenvalue weighted by Crippen LogP contribution is -2.68. The second-order valence-electron chi connectivity index (χ2n) is 10.9. The van der Waals surface area contributed by atoms with E-state index in [1.54, 1.807) is 0 Å². The van der Waals surface area contributed by atoms with Crippen molar-refractivity contribution in [1.82, 2.24) is 30.6 Å². The van der Waals surface area contributed by atoms with Gasteiger partial charge in [0, 0.05) is 6.42 Å². The minimum absolute atomic E-state index is 0.228. The van der Waals surface area contributed by atoms with E-state index in [4.69, 9.17) is 4.74 Å². The summed E-state index contributed by atoms with van der Waals surface area (Å²) in [6, 6.07) is -1.27. The third-order valence-electron chi connectivity index (χ3n) is 7.44. The van der Waals surface area contributed by atoms with Crippen LogP contribution < -0.4 is 16.0 Å². The minimum atomic E-state index is -1.59. The van der Waals surface area contributed by atoms with Gasteiger partial charge in [0.25, 0.3) is 0 Å². The number of amides is 2. The number of unbranched alkanes of at least 4 members (excludes halogenated alkanes) is 8. The zero-order chi connectivity index (χ0) is 31.0. The lowest BCUT2D eigenvalue weighted by Gasteiger charge is -2.44. The highest BCUT2D eigenvalue weighted by molar-refractivity contribution is 5.85. The normalized spacial score (nSPS) is 23.0. The lowest BCUT2D eigenvalue weighted by molar-refractivity contribution is -0.204. The first-order chi connectivity index (χ1) is 20.8. The van der Waals surface area contributed by atoms with Crippen molar-refractivity contribution in [2.45, 2.75) is 114 Å². The van der Waals surface area contributed by atoms with Crippen LogP contribution >= 0.6 is 0 Å². The molecule has 8 N–H and O–H groups in total. The first kappa shape index (κ1) is 34.3. The number of fused-ring (bicyclic) bond motifs is 1. The van der Waals surface area contributed by atoms with E-state index in [-0.39, 0.29) is 18.3 Å². The fourth-order valence-electron chi connectivity index (χ4n) is 4.97. The Hall–Kier alpha value is -3.17. The highest BCUT2D eigenvalue weighted by Crippen LogP contribution is 2.26. The van der Waals surface area contributed by atoms with Gasteiger partial charge in [-0.25, -0.2) is 15.0 Å². The van der Waals surface area contributed by atoms with Gasteiger partial charge in [-0.3, -0.25) is 9.59 Å². The first-order valence-electron chi connectivity index (χ1n) is 15.3. The molecule has 43 heavy (non-hydrogen) atoms. The van der Waals surface area contributed by atoms with Crippen LogP contribution in [0, 0.1) is 0 Å². The number of imidazole rings is 1. The predicted molar refractivity (Wildman–Crippen MR) is 160 cm³/mol. The topological polar surface area (TPSA) is 215 Å². The molecular weight excluding hydrogens is 558 g/mol. The number of aliphatic hydroxyl groups excluding tert-OH is 4. The van der Waals surface area contributed by atoms with Gasteiger partial charge in [0.15, 0.2) is 17.7 Å². The minimum Gasteiger partial charge on any atom is -0.394 e. The van der Waals surface area contributed by atoms with E-state index in [9.17, 15) is 30.0 Å². The molecule has 0 saturated carbocycles. The van der Waals surface area contributed by atoms with Gasteiger partial charge in [-0.15, -0.1) is 0 Å². The number of allylic oxidation sites excluding steroid dienone is 2. The van der Waals surface area contributed by atoms with Crippen LogP contribution in [0.1, 0.15) is 77.6 Å². The maximum atomic E-state index is 12.6. The fourth-order valence-corrected chi connectivity index (χ4v) is 4.97. The second kappa shape index (κ2) is 18.5. The molecule has 14 heteroatoms. The van der Waals surface area contributed by atoms with Gasteiger partial charge < -0.3 is 46.1 Å². The van der Waals surface area contributed by atoms with E-state index in [0.717, 1.165) is 38.5 Å². The number of carbonyl (C=O) groups is 2. The highest BCUT2D eigenvalue weighted by atomic mass is 16.5. The predicted octanol–water partition coefficient (Wildman–Crippen LogP) is 1.03. The molecule has 240 valence electrons. The summed E-state index contributed by atoms with van der Waals surface area (Å²) in [5.74, 6) is -0.681. The molecule has 0 radical (unpaired) electrons. The molecule has 1 unspecified atom stereocenters. The van der Waals surface area contributed by atoms with Gasteiger partial charge in [0.05, 0.1) is 25.5 Å². The Morgan fingerprint density at radius 1 is 1.00 bits per heavy atom. The Labute approximate surface area is 251 Å². The van der Waals surface area contributed by atoms with Crippen LogP contribution in [0.4, 0.5) is 5.82 Å². The average molecular weight is 606 g/mol. The zero-order valence-electron chi connectivity index (χ0n) is 24.8. The largest absolute Gasteiger partial charge is 0.394 e. The zero-order valence-corrected chi connectivity index (χ0v) is 24.8. The smallest absolute Gasteiger partial charge is 0.239 e. The van der Waals surface area contributed by atoms with Crippen LogP contribution in [0.2, 0.25) is 0 Å². The number of rotatable bonds is 19. The summed E-state index contributed by atoms with van der Waals surface area (Å²) in [5, 5.41) is 49.5. The number of hydrogen-bond donors (Lipinski definition) is 8. The van der Waals surface area contributed by atoms with Crippen LogP contribution in [0.5, 0.6) is 0 Å². The Balaban J connectivity index is 1.39. The Bertz CT molecular complexity index is 1150. The van der Waals surface area contributed by atoms with Gasteiger partial charge in [0.2, 0.25) is 11.8 Å². The molecule has 1 aliphatic rings. The summed E-state index contributed by atoms with van der Waals surface area (Å²) < 4.78 is 5.79. The van der Waals surface area contributed by atoms with Crippen LogP contribution in [-0.2, 0) is 14.3 Å². The number of aliphatic hydroxyl groups is 4. The number of aromatic amines is 1. The van der Waals surface area contributed by atoms with E-state index >= 15 is 0 Å². The summed E-state index contributed by atoms with van der Waals surface area (Å²) >= 11 is 0. The van der Waals surface area contributed by atoms with Crippen molar-refractivity contribution in [2.75, 3.05) is 18.5 Å². The highest BCUT2D eigenvalue weighted by Gasteiger charge is 2.48. The number of nitrogens with one attached hydrogen (secondary N) is 4. The molecule has 0 aliphatic carbocycles. The van der Waals surface area contributed by atoms with Gasteiger partial charge in [-0.05, 0) is 25.7 Å². The Morgan fingerprint density at radius 3 is 2.47 bits per heavy atom. The molecule has 1 aliphatic heterocycles. The quantitative estimate of drug-likeness (QED) is 0.0836.